The van der Waals surface area contributed by atoms with Gasteiger partial charge in [-0.25, -0.2) is 0 Å². The fourth-order valence-corrected chi connectivity index (χ4v) is 3.82. The summed E-state index contributed by atoms with van der Waals surface area (Å²) in [5, 5.41) is 4.58. The van der Waals surface area contributed by atoms with E-state index in [0.717, 1.165) is 31.9 Å². The van der Waals surface area contributed by atoms with E-state index < -0.39 is 0 Å². The van der Waals surface area contributed by atoms with Gasteiger partial charge in [-0.3, -0.25) is 14.6 Å². The second kappa shape index (κ2) is 8.23. The van der Waals surface area contributed by atoms with Crippen LogP contribution in [-0.4, -0.2) is 19.7 Å². The van der Waals surface area contributed by atoms with Gasteiger partial charge in [0.25, 0.3) is 0 Å². The number of hydrogen-bond acceptors (Lipinski definition) is 4. The minimum Gasteiger partial charge on any atom is -0.290 e. The molecule has 0 unspecified atom stereocenters. The van der Waals surface area contributed by atoms with Crippen LogP contribution in [0.5, 0.6) is 0 Å². The number of rotatable bonds is 8. The molecule has 0 amide bonds. The first kappa shape index (κ1) is 17.6. The van der Waals surface area contributed by atoms with Crippen LogP contribution in [0, 0.1) is 13.8 Å². The summed E-state index contributed by atoms with van der Waals surface area (Å²) in [4.78, 5) is 9.33. The van der Waals surface area contributed by atoms with Gasteiger partial charge >= 0.3 is 0 Å². The van der Waals surface area contributed by atoms with Gasteiger partial charge in [0.05, 0.1) is 12.2 Å². The van der Waals surface area contributed by atoms with Crippen LogP contribution in [0.2, 0.25) is 0 Å². The molecule has 3 rings (SSSR count). The maximum Gasteiger partial charge on any atom is 0.0638 e. The Kier molecular flexibility index (Phi) is 5.79. The molecule has 0 fully saturated rings. The van der Waals surface area contributed by atoms with Crippen LogP contribution in [0.4, 0.5) is 0 Å². The van der Waals surface area contributed by atoms with Gasteiger partial charge in [0.1, 0.15) is 0 Å². The normalized spacial score (nSPS) is 11.2. The summed E-state index contributed by atoms with van der Waals surface area (Å²) in [5.74, 6) is 0. The van der Waals surface area contributed by atoms with E-state index in [2.05, 4.69) is 65.9 Å². The number of pyridine rings is 1. The van der Waals surface area contributed by atoms with Gasteiger partial charge in [0.2, 0.25) is 0 Å². The summed E-state index contributed by atoms with van der Waals surface area (Å²) in [6.45, 7) is 11.5. The van der Waals surface area contributed by atoms with Crippen molar-refractivity contribution in [2.75, 3.05) is 0 Å². The van der Waals surface area contributed by atoms with Crippen molar-refractivity contribution in [3.63, 3.8) is 0 Å². The van der Waals surface area contributed by atoms with Crippen LogP contribution in [-0.2, 0) is 26.2 Å². The van der Waals surface area contributed by atoms with E-state index in [4.69, 9.17) is 0 Å². The highest BCUT2D eigenvalue weighted by Gasteiger charge is 2.13. The number of thiophene rings is 1. The largest absolute Gasteiger partial charge is 0.290 e. The van der Waals surface area contributed by atoms with Gasteiger partial charge in [-0.2, -0.15) is 5.10 Å². The molecule has 0 aliphatic heterocycles. The molecule has 0 bridgehead atoms. The molecule has 130 valence electrons. The molecule has 4 nitrogen and oxygen atoms in total. The van der Waals surface area contributed by atoms with Gasteiger partial charge in [0.15, 0.2) is 0 Å². The molecule has 0 saturated carbocycles. The van der Waals surface area contributed by atoms with E-state index in [1.54, 1.807) is 0 Å². The van der Waals surface area contributed by atoms with Crippen LogP contribution >= 0.6 is 11.3 Å². The van der Waals surface area contributed by atoms with E-state index in [1.807, 2.05) is 34.5 Å². The zero-order chi connectivity index (χ0) is 17.6. The van der Waals surface area contributed by atoms with Crippen LogP contribution in [0.15, 0.2) is 55.5 Å². The Labute approximate surface area is 153 Å². The zero-order valence-corrected chi connectivity index (χ0v) is 15.7. The van der Waals surface area contributed by atoms with Gasteiger partial charge in [-0.05, 0) is 43.7 Å². The molecule has 3 aromatic rings. The van der Waals surface area contributed by atoms with Crippen LogP contribution < -0.4 is 0 Å². The van der Waals surface area contributed by atoms with E-state index in [9.17, 15) is 0 Å². The number of hydrogen-bond donors (Lipinski definition) is 0. The third-order valence-corrected chi connectivity index (χ3v) is 5.07. The molecule has 0 spiro atoms. The van der Waals surface area contributed by atoms with Crippen molar-refractivity contribution in [1.82, 2.24) is 19.7 Å². The van der Waals surface area contributed by atoms with Gasteiger partial charge < -0.3 is 0 Å². The molecule has 3 aromatic heterocycles. The van der Waals surface area contributed by atoms with E-state index >= 15 is 0 Å². The number of aryl methyl sites for hydroxylation is 2. The standard InChI is InChI=1S/C20H24N4S/c1-4-11-24-14-19(17(3)22-24)13-23(12-18-7-9-21-10-8-18)15-20-6-5-16(2)25-20/h4-10,14H,1,11-13,15H2,2-3H3. The highest BCUT2D eigenvalue weighted by atomic mass is 32.1. The Morgan fingerprint density at radius 2 is 1.92 bits per heavy atom. The molecule has 0 aromatic carbocycles. The topological polar surface area (TPSA) is 34.0 Å². The van der Waals surface area contributed by atoms with Crippen LogP contribution in [0.1, 0.15) is 26.6 Å². The Morgan fingerprint density at radius 1 is 1.12 bits per heavy atom. The number of allylic oxidation sites excluding steroid dienone is 1. The molecular formula is C20H24N4S. The maximum atomic E-state index is 4.58. The van der Waals surface area contributed by atoms with Crippen molar-refractivity contribution >= 4 is 11.3 Å². The molecule has 0 aliphatic carbocycles. The summed E-state index contributed by atoms with van der Waals surface area (Å²) >= 11 is 1.87. The third-order valence-electron chi connectivity index (χ3n) is 4.09. The maximum absolute atomic E-state index is 4.58. The molecule has 25 heavy (non-hydrogen) atoms. The first-order valence-corrected chi connectivity index (χ1v) is 9.26. The van der Waals surface area contributed by atoms with E-state index in [-0.39, 0.29) is 0 Å². The van der Waals surface area contributed by atoms with Crippen molar-refractivity contribution in [3.8, 4) is 0 Å². The summed E-state index contributed by atoms with van der Waals surface area (Å²) in [5.41, 5.74) is 3.63. The Hall–Kier alpha value is -2.24. The van der Waals surface area contributed by atoms with Gasteiger partial charge in [0, 0.05) is 53.5 Å². The lowest BCUT2D eigenvalue weighted by atomic mass is 10.2. The van der Waals surface area contributed by atoms with E-state index in [1.165, 1.54) is 20.9 Å². The second-order valence-electron chi connectivity index (χ2n) is 6.26. The SMILES string of the molecule is C=CCn1cc(CN(Cc2ccncc2)Cc2ccc(C)s2)c(C)n1. The Balaban J connectivity index is 1.78. The zero-order valence-electron chi connectivity index (χ0n) is 14.9. The minimum absolute atomic E-state index is 0.745. The van der Waals surface area contributed by atoms with Crippen molar-refractivity contribution in [3.05, 3.63) is 82.1 Å². The van der Waals surface area contributed by atoms with Gasteiger partial charge in [-0.15, -0.1) is 17.9 Å². The molecule has 0 aliphatic rings. The molecule has 0 saturated heterocycles. The smallest absolute Gasteiger partial charge is 0.0638 e. The van der Waals surface area contributed by atoms with Crippen molar-refractivity contribution < 1.29 is 0 Å². The van der Waals surface area contributed by atoms with Crippen LogP contribution in [0.25, 0.3) is 0 Å². The molecule has 5 heteroatoms. The highest BCUT2D eigenvalue weighted by molar-refractivity contribution is 7.11. The molecule has 0 atom stereocenters. The molecular weight excluding hydrogens is 328 g/mol. The lowest BCUT2D eigenvalue weighted by Gasteiger charge is -2.21. The summed E-state index contributed by atoms with van der Waals surface area (Å²) in [6.07, 6.45) is 7.72. The average molecular weight is 353 g/mol. The number of nitrogens with zero attached hydrogens (tertiary/aromatic N) is 4. The Bertz CT molecular complexity index is 819. The average Bonchev–Trinajstić information content (AvgIpc) is 3.14. The third kappa shape index (κ3) is 4.87. The predicted octanol–water partition coefficient (Wildman–Crippen LogP) is 4.34. The summed E-state index contributed by atoms with van der Waals surface area (Å²) < 4.78 is 1.96. The highest BCUT2D eigenvalue weighted by Crippen LogP contribution is 2.20. The van der Waals surface area contributed by atoms with E-state index in [0.29, 0.717) is 0 Å². The fourth-order valence-electron chi connectivity index (χ4n) is 2.89. The van der Waals surface area contributed by atoms with Gasteiger partial charge in [-0.1, -0.05) is 6.08 Å². The summed E-state index contributed by atoms with van der Waals surface area (Å²) in [6, 6.07) is 8.59. The molecule has 0 radical (unpaired) electrons. The first-order chi connectivity index (χ1) is 12.1. The van der Waals surface area contributed by atoms with Crippen molar-refractivity contribution in [2.45, 2.75) is 40.0 Å². The lowest BCUT2D eigenvalue weighted by molar-refractivity contribution is 0.249. The minimum atomic E-state index is 0.745. The quantitative estimate of drug-likeness (QED) is 0.565. The molecule has 0 N–H and O–H groups in total. The Morgan fingerprint density at radius 3 is 2.60 bits per heavy atom. The van der Waals surface area contributed by atoms with Crippen molar-refractivity contribution in [2.24, 2.45) is 0 Å². The summed E-state index contributed by atoms with van der Waals surface area (Å²) in [7, 11) is 0. The molecule has 3 heterocycles. The lowest BCUT2D eigenvalue weighted by Crippen LogP contribution is -2.22. The second-order valence-corrected chi connectivity index (χ2v) is 7.64. The monoisotopic (exact) mass is 352 g/mol. The predicted molar refractivity (Wildman–Crippen MR) is 103 cm³/mol. The first-order valence-electron chi connectivity index (χ1n) is 8.44. The van der Waals surface area contributed by atoms with Crippen molar-refractivity contribution in [1.29, 1.82) is 0 Å². The van der Waals surface area contributed by atoms with Crippen LogP contribution in [0.3, 0.4) is 0 Å². The fraction of sp³-hybridized carbons (Fsp3) is 0.300. The number of aromatic nitrogens is 3.